The fraction of sp³-hybridized carbons (Fsp3) is 0.235. The Labute approximate surface area is 127 Å². The van der Waals surface area contributed by atoms with Crippen LogP contribution >= 0.6 is 0 Å². The van der Waals surface area contributed by atoms with E-state index in [1.807, 2.05) is 41.9 Å². The molecule has 1 aliphatic rings. The molecule has 5 nitrogen and oxygen atoms in total. The lowest BCUT2D eigenvalue weighted by Crippen LogP contribution is -2.08. The molecule has 0 saturated heterocycles. The van der Waals surface area contributed by atoms with E-state index in [0.29, 0.717) is 17.2 Å². The van der Waals surface area contributed by atoms with Crippen LogP contribution in [-0.4, -0.2) is 20.2 Å². The van der Waals surface area contributed by atoms with Crippen molar-refractivity contribution < 1.29 is 4.79 Å². The van der Waals surface area contributed by atoms with Gasteiger partial charge in [-0.25, -0.2) is 4.98 Å². The van der Waals surface area contributed by atoms with Gasteiger partial charge in [0, 0.05) is 35.6 Å². The van der Waals surface area contributed by atoms with E-state index in [2.05, 4.69) is 9.97 Å². The number of pyridine rings is 2. The molecule has 0 spiro atoms. The van der Waals surface area contributed by atoms with Gasteiger partial charge in [0.2, 0.25) is 0 Å². The van der Waals surface area contributed by atoms with E-state index in [9.17, 15) is 4.79 Å². The zero-order valence-corrected chi connectivity index (χ0v) is 12.3. The van der Waals surface area contributed by atoms with Crippen LogP contribution in [0.4, 0.5) is 5.82 Å². The Morgan fingerprint density at radius 2 is 2.14 bits per heavy atom. The Bertz CT molecular complexity index is 893. The number of hydrogen-bond donors (Lipinski definition) is 1. The largest absolute Gasteiger partial charge is 0.382 e. The molecule has 0 aromatic carbocycles. The highest BCUT2D eigenvalue weighted by Gasteiger charge is 2.33. The van der Waals surface area contributed by atoms with Gasteiger partial charge in [0.05, 0.1) is 0 Å². The van der Waals surface area contributed by atoms with Crippen molar-refractivity contribution in [2.24, 2.45) is 5.92 Å². The second-order valence-electron chi connectivity index (χ2n) is 5.82. The number of Topliss-reactive ketones (excluding diaryl/α,β-unsaturated/α-hetero) is 1. The number of aromatic nitrogens is 3. The number of imidazole rings is 1. The summed E-state index contributed by atoms with van der Waals surface area (Å²) in [6.07, 6.45) is 7.44. The van der Waals surface area contributed by atoms with E-state index < -0.39 is 0 Å². The topological polar surface area (TPSA) is 73.3 Å². The maximum atomic E-state index is 12.5. The number of rotatable bonds is 3. The Kier molecular flexibility index (Phi) is 2.76. The molecular weight excluding hydrogens is 276 g/mol. The first-order valence-electron chi connectivity index (χ1n) is 7.38. The third-order valence-corrected chi connectivity index (χ3v) is 4.18. The van der Waals surface area contributed by atoms with Crippen molar-refractivity contribution in [1.82, 2.24) is 14.4 Å². The van der Waals surface area contributed by atoms with Gasteiger partial charge in [-0.1, -0.05) is 0 Å². The highest BCUT2D eigenvalue weighted by molar-refractivity contribution is 6.02. The summed E-state index contributed by atoms with van der Waals surface area (Å²) in [4.78, 5) is 21.0. The van der Waals surface area contributed by atoms with Gasteiger partial charge < -0.3 is 5.73 Å². The van der Waals surface area contributed by atoms with Crippen molar-refractivity contribution in [1.29, 1.82) is 0 Å². The average molecular weight is 292 g/mol. The van der Waals surface area contributed by atoms with Crippen molar-refractivity contribution in [3.05, 3.63) is 48.0 Å². The molecule has 110 valence electrons. The molecule has 4 rings (SSSR count). The third-order valence-electron chi connectivity index (χ3n) is 4.18. The molecule has 3 heterocycles. The highest BCUT2D eigenvalue weighted by atomic mass is 16.1. The summed E-state index contributed by atoms with van der Waals surface area (Å²) in [6.45, 7) is 2.04. The van der Waals surface area contributed by atoms with Crippen LogP contribution in [0.25, 0.3) is 16.8 Å². The number of nitrogen functional groups attached to an aromatic ring is 1. The fourth-order valence-electron chi connectivity index (χ4n) is 2.77. The predicted molar refractivity (Wildman–Crippen MR) is 84.6 cm³/mol. The summed E-state index contributed by atoms with van der Waals surface area (Å²) in [5.41, 5.74) is 10.4. The zero-order chi connectivity index (χ0) is 15.3. The summed E-state index contributed by atoms with van der Waals surface area (Å²) in [5.74, 6) is 0.535. The molecule has 3 aromatic heterocycles. The summed E-state index contributed by atoms with van der Waals surface area (Å²) < 4.78 is 1.82. The van der Waals surface area contributed by atoms with Crippen LogP contribution in [0.3, 0.4) is 0 Å². The van der Waals surface area contributed by atoms with Crippen LogP contribution in [0.2, 0.25) is 0 Å². The lowest BCUT2D eigenvalue weighted by Gasteiger charge is -2.07. The van der Waals surface area contributed by atoms with Crippen molar-refractivity contribution in [2.75, 3.05) is 5.73 Å². The highest BCUT2D eigenvalue weighted by Crippen LogP contribution is 2.34. The van der Waals surface area contributed by atoms with Gasteiger partial charge in [-0.3, -0.25) is 14.2 Å². The standard InChI is InChI=1S/C17H16N4O/c1-10-6-7-19-8-13(10)12-4-5-14-20-17(18)15(21(14)9-12)16(22)11-2-3-11/h4-9,11H,2-3,18H2,1H3. The van der Waals surface area contributed by atoms with Gasteiger partial charge in [0.15, 0.2) is 11.6 Å². The molecular formula is C17H16N4O. The molecule has 1 fully saturated rings. The van der Waals surface area contributed by atoms with Crippen LogP contribution in [0, 0.1) is 12.8 Å². The molecule has 0 amide bonds. The Morgan fingerprint density at radius 3 is 2.86 bits per heavy atom. The van der Waals surface area contributed by atoms with Gasteiger partial charge in [-0.2, -0.15) is 0 Å². The molecule has 1 aliphatic carbocycles. The van der Waals surface area contributed by atoms with Gasteiger partial charge in [0.1, 0.15) is 11.3 Å². The maximum Gasteiger partial charge on any atom is 0.186 e. The SMILES string of the molecule is Cc1ccncc1-c1ccc2nc(N)c(C(=O)C3CC3)n2c1. The van der Waals surface area contributed by atoms with Crippen LogP contribution in [-0.2, 0) is 0 Å². The molecule has 5 heteroatoms. The first kappa shape index (κ1) is 13.0. The first-order chi connectivity index (χ1) is 10.6. The summed E-state index contributed by atoms with van der Waals surface area (Å²) in [7, 11) is 0. The van der Waals surface area contributed by atoms with E-state index >= 15 is 0 Å². The average Bonchev–Trinajstić information content (AvgIpc) is 3.30. The van der Waals surface area contributed by atoms with Gasteiger partial charge in [-0.15, -0.1) is 0 Å². The molecule has 2 N–H and O–H groups in total. The van der Waals surface area contributed by atoms with Gasteiger partial charge in [0.25, 0.3) is 0 Å². The van der Waals surface area contributed by atoms with Crippen LogP contribution < -0.4 is 5.73 Å². The number of hydrogen-bond acceptors (Lipinski definition) is 4. The number of ketones is 1. The van der Waals surface area contributed by atoms with Crippen LogP contribution in [0.15, 0.2) is 36.8 Å². The monoisotopic (exact) mass is 292 g/mol. The molecule has 0 unspecified atom stereocenters. The number of fused-ring (bicyclic) bond motifs is 1. The van der Waals surface area contributed by atoms with Crippen molar-refractivity contribution >= 4 is 17.2 Å². The Hall–Kier alpha value is -2.69. The Morgan fingerprint density at radius 1 is 1.32 bits per heavy atom. The summed E-state index contributed by atoms with van der Waals surface area (Å²) >= 11 is 0. The fourth-order valence-corrected chi connectivity index (χ4v) is 2.77. The third kappa shape index (κ3) is 1.97. The van der Waals surface area contributed by atoms with Crippen molar-refractivity contribution in [2.45, 2.75) is 19.8 Å². The quantitative estimate of drug-likeness (QED) is 0.753. The van der Waals surface area contributed by atoms with Gasteiger partial charge in [-0.05, 0) is 43.5 Å². The molecule has 0 radical (unpaired) electrons. The molecule has 22 heavy (non-hydrogen) atoms. The lowest BCUT2D eigenvalue weighted by molar-refractivity contribution is 0.0963. The molecule has 0 atom stereocenters. The van der Waals surface area contributed by atoms with Crippen molar-refractivity contribution in [3.63, 3.8) is 0 Å². The number of nitrogens with two attached hydrogens (primary N) is 1. The van der Waals surface area contributed by atoms with E-state index in [1.54, 1.807) is 6.20 Å². The Balaban J connectivity index is 1.91. The number of anilines is 1. The van der Waals surface area contributed by atoms with E-state index in [0.717, 1.165) is 29.5 Å². The number of carbonyl (C=O) groups is 1. The number of aryl methyl sites for hydroxylation is 1. The molecule has 3 aromatic rings. The molecule has 1 saturated carbocycles. The minimum absolute atomic E-state index is 0.102. The number of carbonyl (C=O) groups excluding carboxylic acids is 1. The second kappa shape index (κ2) is 4.66. The van der Waals surface area contributed by atoms with Crippen LogP contribution in [0.5, 0.6) is 0 Å². The first-order valence-corrected chi connectivity index (χ1v) is 7.38. The summed E-state index contributed by atoms with van der Waals surface area (Å²) in [6, 6.07) is 5.84. The van der Waals surface area contributed by atoms with Crippen molar-refractivity contribution in [3.8, 4) is 11.1 Å². The van der Waals surface area contributed by atoms with Gasteiger partial charge >= 0.3 is 0 Å². The van der Waals surface area contributed by atoms with E-state index in [-0.39, 0.29) is 11.7 Å². The smallest absolute Gasteiger partial charge is 0.186 e. The minimum Gasteiger partial charge on any atom is -0.382 e. The molecule has 0 bridgehead atoms. The van der Waals surface area contributed by atoms with Crippen LogP contribution in [0.1, 0.15) is 28.9 Å². The van der Waals surface area contributed by atoms with E-state index in [1.165, 1.54) is 0 Å². The lowest BCUT2D eigenvalue weighted by atomic mass is 10.1. The normalized spacial score (nSPS) is 14.4. The maximum absolute atomic E-state index is 12.5. The zero-order valence-electron chi connectivity index (χ0n) is 12.3. The predicted octanol–water partition coefficient (Wildman–Crippen LogP) is 2.88. The minimum atomic E-state index is 0.102. The van der Waals surface area contributed by atoms with E-state index in [4.69, 9.17) is 5.73 Å². The second-order valence-corrected chi connectivity index (χ2v) is 5.82. The summed E-state index contributed by atoms with van der Waals surface area (Å²) in [5, 5.41) is 0. The molecule has 0 aliphatic heterocycles. The number of nitrogens with zero attached hydrogens (tertiary/aromatic N) is 3.